The Balaban J connectivity index is 2.49. The summed E-state index contributed by atoms with van der Waals surface area (Å²) < 4.78 is 36.7. The molecule has 3 nitrogen and oxygen atoms in total. The summed E-state index contributed by atoms with van der Waals surface area (Å²) >= 11 is 0. The Hall–Kier alpha value is -2.43. The van der Waals surface area contributed by atoms with Gasteiger partial charge in [0.1, 0.15) is 5.82 Å². The first-order valence-corrected chi connectivity index (χ1v) is 5.42. The van der Waals surface area contributed by atoms with Crippen molar-refractivity contribution in [1.82, 2.24) is 0 Å². The van der Waals surface area contributed by atoms with Gasteiger partial charge in [0, 0.05) is 0 Å². The minimum absolute atomic E-state index is 0.248. The number of carbonyl (C=O) groups excluding carboxylic acids is 1. The van der Waals surface area contributed by atoms with Crippen molar-refractivity contribution < 1.29 is 23.0 Å². The zero-order valence-corrected chi connectivity index (χ0v) is 10.0. The van der Waals surface area contributed by atoms with E-state index in [1.54, 1.807) is 30.3 Å². The van der Waals surface area contributed by atoms with Gasteiger partial charge in [-0.2, -0.15) is 0 Å². The van der Waals surface area contributed by atoms with E-state index in [2.05, 4.69) is 9.47 Å². The maximum atomic E-state index is 14.1. The Bertz CT molecular complexity index is 597. The summed E-state index contributed by atoms with van der Waals surface area (Å²) in [5.74, 6) is -2.07. The van der Waals surface area contributed by atoms with Crippen LogP contribution in [0.2, 0.25) is 0 Å². The van der Waals surface area contributed by atoms with Gasteiger partial charge in [0.15, 0.2) is 11.6 Å². The normalized spacial score (nSPS) is 10.1. The number of rotatable bonds is 2. The van der Waals surface area contributed by atoms with Crippen LogP contribution in [0.1, 0.15) is 0 Å². The minimum atomic E-state index is -1.07. The Labute approximate surface area is 108 Å². The van der Waals surface area contributed by atoms with Crippen molar-refractivity contribution in [3.05, 3.63) is 54.1 Å². The first-order valence-electron chi connectivity index (χ1n) is 5.42. The van der Waals surface area contributed by atoms with Gasteiger partial charge in [-0.3, -0.25) is 0 Å². The molecule has 0 atom stereocenters. The Morgan fingerprint density at radius 2 is 1.74 bits per heavy atom. The molecule has 5 heteroatoms. The fourth-order valence-electron chi connectivity index (χ4n) is 1.61. The lowest BCUT2D eigenvalue weighted by Crippen LogP contribution is -2.09. The van der Waals surface area contributed by atoms with Gasteiger partial charge in [0.25, 0.3) is 0 Å². The molecule has 0 spiro atoms. The molecular weight excluding hydrogens is 254 g/mol. The molecule has 2 rings (SSSR count). The highest BCUT2D eigenvalue weighted by atomic mass is 19.1. The van der Waals surface area contributed by atoms with Gasteiger partial charge in [-0.15, -0.1) is 0 Å². The SMILES string of the molecule is COC(=O)Oc1ccc(F)c(-c2ccccc2)c1F. The van der Waals surface area contributed by atoms with E-state index < -0.39 is 17.8 Å². The number of methoxy groups -OCH3 is 1. The molecule has 0 fully saturated rings. The van der Waals surface area contributed by atoms with E-state index in [-0.39, 0.29) is 11.3 Å². The van der Waals surface area contributed by atoms with Crippen molar-refractivity contribution in [2.45, 2.75) is 0 Å². The zero-order valence-electron chi connectivity index (χ0n) is 10.0. The van der Waals surface area contributed by atoms with Crippen molar-refractivity contribution in [1.29, 1.82) is 0 Å². The predicted octanol–water partition coefficient (Wildman–Crippen LogP) is 3.78. The van der Waals surface area contributed by atoms with Crippen LogP contribution in [0, 0.1) is 11.6 Å². The summed E-state index contributed by atoms with van der Waals surface area (Å²) in [4.78, 5) is 11.0. The molecule has 0 saturated heterocycles. The van der Waals surface area contributed by atoms with Crippen molar-refractivity contribution in [2.24, 2.45) is 0 Å². The molecular formula is C14H10F2O3. The molecule has 0 heterocycles. The number of hydrogen-bond donors (Lipinski definition) is 0. The third-order valence-electron chi connectivity index (χ3n) is 2.48. The second-order valence-electron chi connectivity index (χ2n) is 3.66. The number of carbonyl (C=O) groups is 1. The van der Waals surface area contributed by atoms with Crippen LogP contribution in [0.25, 0.3) is 11.1 Å². The highest BCUT2D eigenvalue weighted by Gasteiger charge is 2.18. The molecule has 0 saturated carbocycles. The first-order chi connectivity index (χ1) is 9.13. The van der Waals surface area contributed by atoms with E-state index in [0.29, 0.717) is 5.56 Å². The Morgan fingerprint density at radius 3 is 2.37 bits per heavy atom. The van der Waals surface area contributed by atoms with Crippen LogP contribution in [-0.4, -0.2) is 13.3 Å². The summed E-state index contributed by atoms with van der Waals surface area (Å²) in [7, 11) is 1.10. The average molecular weight is 264 g/mol. The van der Waals surface area contributed by atoms with E-state index in [1.807, 2.05) is 0 Å². The number of ether oxygens (including phenoxy) is 2. The van der Waals surface area contributed by atoms with Crippen LogP contribution in [-0.2, 0) is 4.74 Å². The van der Waals surface area contributed by atoms with E-state index >= 15 is 0 Å². The first kappa shape index (κ1) is 13.0. The molecule has 0 bridgehead atoms. The van der Waals surface area contributed by atoms with E-state index in [1.165, 1.54) is 0 Å². The molecule has 0 aromatic heterocycles. The van der Waals surface area contributed by atoms with Gasteiger partial charge in [0.05, 0.1) is 12.7 Å². The maximum Gasteiger partial charge on any atom is 0.513 e. The van der Waals surface area contributed by atoms with Gasteiger partial charge in [-0.1, -0.05) is 30.3 Å². The molecule has 0 aliphatic carbocycles. The van der Waals surface area contributed by atoms with E-state index in [9.17, 15) is 13.6 Å². The standard InChI is InChI=1S/C14H10F2O3/c1-18-14(17)19-11-8-7-10(15)12(13(11)16)9-5-3-2-4-6-9/h2-8H,1H3. The topological polar surface area (TPSA) is 35.5 Å². The Kier molecular flexibility index (Phi) is 3.75. The number of benzene rings is 2. The van der Waals surface area contributed by atoms with Crippen LogP contribution in [0.4, 0.5) is 13.6 Å². The molecule has 2 aromatic rings. The Morgan fingerprint density at radius 1 is 1.05 bits per heavy atom. The van der Waals surface area contributed by atoms with Crippen molar-refractivity contribution >= 4 is 6.16 Å². The summed E-state index contributed by atoms with van der Waals surface area (Å²) in [6, 6.07) is 10.2. The van der Waals surface area contributed by atoms with Crippen molar-refractivity contribution in [3.8, 4) is 16.9 Å². The molecule has 98 valence electrons. The molecule has 0 N–H and O–H groups in total. The molecule has 0 radical (unpaired) electrons. The van der Waals surface area contributed by atoms with Crippen molar-refractivity contribution in [3.63, 3.8) is 0 Å². The predicted molar refractivity (Wildman–Crippen MR) is 64.8 cm³/mol. The van der Waals surface area contributed by atoms with E-state index in [0.717, 1.165) is 19.2 Å². The summed E-state index contributed by atoms with van der Waals surface area (Å²) in [5.41, 5.74) is 0.106. The highest BCUT2D eigenvalue weighted by Crippen LogP contribution is 2.31. The van der Waals surface area contributed by atoms with Gasteiger partial charge in [-0.05, 0) is 17.7 Å². The number of halogens is 2. The van der Waals surface area contributed by atoms with Crippen LogP contribution >= 0.6 is 0 Å². The third-order valence-corrected chi connectivity index (χ3v) is 2.48. The molecule has 0 unspecified atom stereocenters. The van der Waals surface area contributed by atoms with Crippen molar-refractivity contribution in [2.75, 3.05) is 7.11 Å². The monoisotopic (exact) mass is 264 g/mol. The van der Waals surface area contributed by atoms with Gasteiger partial charge >= 0.3 is 6.16 Å². The van der Waals surface area contributed by atoms with Crippen LogP contribution in [0.15, 0.2) is 42.5 Å². The number of hydrogen-bond acceptors (Lipinski definition) is 3. The average Bonchev–Trinajstić information content (AvgIpc) is 2.43. The lowest BCUT2D eigenvalue weighted by atomic mass is 10.0. The lowest BCUT2D eigenvalue weighted by molar-refractivity contribution is 0.119. The molecule has 0 aliphatic heterocycles. The van der Waals surface area contributed by atoms with Crippen LogP contribution in [0.5, 0.6) is 5.75 Å². The summed E-state index contributed by atoms with van der Waals surface area (Å²) in [6.07, 6.45) is -1.07. The maximum absolute atomic E-state index is 14.1. The van der Waals surface area contributed by atoms with Gasteiger partial charge in [-0.25, -0.2) is 13.6 Å². The highest BCUT2D eigenvalue weighted by molar-refractivity contribution is 5.69. The molecule has 19 heavy (non-hydrogen) atoms. The smallest absolute Gasteiger partial charge is 0.437 e. The third kappa shape index (κ3) is 2.70. The molecule has 0 amide bonds. The lowest BCUT2D eigenvalue weighted by Gasteiger charge is -2.09. The zero-order chi connectivity index (χ0) is 13.8. The van der Waals surface area contributed by atoms with Gasteiger partial charge in [0.2, 0.25) is 0 Å². The fourth-order valence-corrected chi connectivity index (χ4v) is 1.61. The van der Waals surface area contributed by atoms with Crippen LogP contribution < -0.4 is 4.74 Å². The summed E-state index contributed by atoms with van der Waals surface area (Å²) in [6.45, 7) is 0. The quantitative estimate of drug-likeness (QED) is 0.611. The second-order valence-corrected chi connectivity index (χ2v) is 3.66. The largest absolute Gasteiger partial charge is 0.513 e. The van der Waals surface area contributed by atoms with Gasteiger partial charge < -0.3 is 9.47 Å². The minimum Gasteiger partial charge on any atom is -0.437 e. The molecule has 0 aliphatic rings. The second kappa shape index (κ2) is 5.48. The van der Waals surface area contributed by atoms with Crippen LogP contribution in [0.3, 0.4) is 0 Å². The fraction of sp³-hybridized carbons (Fsp3) is 0.0714. The summed E-state index contributed by atoms with van der Waals surface area (Å²) in [5, 5.41) is 0. The van der Waals surface area contributed by atoms with E-state index in [4.69, 9.17) is 0 Å². The molecule has 2 aromatic carbocycles.